The van der Waals surface area contributed by atoms with Gasteiger partial charge >= 0.3 is 0 Å². The van der Waals surface area contributed by atoms with Gasteiger partial charge in [0.1, 0.15) is 12.1 Å². The molecule has 0 fully saturated rings. The van der Waals surface area contributed by atoms with Gasteiger partial charge in [-0.15, -0.1) is 0 Å². The predicted molar refractivity (Wildman–Crippen MR) is 137 cm³/mol. The first-order valence-corrected chi connectivity index (χ1v) is 11.7. The van der Waals surface area contributed by atoms with Crippen LogP contribution in [0.25, 0.3) is 10.9 Å². The molecule has 7 nitrogen and oxygen atoms in total. The first-order chi connectivity index (χ1) is 16.9. The van der Waals surface area contributed by atoms with Crippen molar-refractivity contribution >= 4 is 28.4 Å². The van der Waals surface area contributed by atoms with Gasteiger partial charge in [0.2, 0.25) is 0 Å². The van der Waals surface area contributed by atoms with Gasteiger partial charge in [-0.25, -0.2) is 9.97 Å². The quantitative estimate of drug-likeness (QED) is 0.326. The van der Waals surface area contributed by atoms with E-state index in [1.54, 1.807) is 24.4 Å². The second kappa shape index (κ2) is 10.9. The number of aryl methyl sites for hydroxylation is 1. The molecule has 0 saturated heterocycles. The number of primary amides is 1. The third-order valence-corrected chi connectivity index (χ3v) is 5.86. The van der Waals surface area contributed by atoms with Crippen LogP contribution in [-0.2, 0) is 19.4 Å². The van der Waals surface area contributed by atoms with E-state index in [2.05, 4.69) is 34.1 Å². The van der Waals surface area contributed by atoms with E-state index in [9.17, 15) is 9.59 Å². The van der Waals surface area contributed by atoms with Crippen molar-refractivity contribution in [2.75, 3.05) is 5.32 Å². The number of carbonyl (C=O) groups excluding carboxylic acids is 2. The van der Waals surface area contributed by atoms with E-state index in [0.29, 0.717) is 41.3 Å². The van der Waals surface area contributed by atoms with Crippen molar-refractivity contribution in [2.24, 2.45) is 11.7 Å². The topological polar surface area (TPSA) is 111 Å². The van der Waals surface area contributed by atoms with Gasteiger partial charge in [0.05, 0.1) is 11.1 Å². The highest BCUT2D eigenvalue weighted by atomic mass is 16.1. The number of amides is 1. The molecule has 0 radical (unpaired) electrons. The molecule has 35 heavy (non-hydrogen) atoms. The van der Waals surface area contributed by atoms with Gasteiger partial charge in [-0.3, -0.25) is 14.6 Å². The lowest BCUT2D eigenvalue weighted by atomic mass is 10.00. The Balaban J connectivity index is 1.45. The van der Waals surface area contributed by atoms with Crippen molar-refractivity contribution in [1.82, 2.24) is 15.0 Å². The highest BCUT2D eigenvalue weighted by molar-refractivity contribution is 6.06. The summed E-state index contributed by atoms with van der Waals surface area (Å²) in [7, 11) is 0. The molecule has 2 aromatic heterocycles. The molecule has 2 heterocycles. The van der Waals surface area contributed by atoms with E-state index >= 15 is 0 Å². The van der Waals surface area contributed by atoms with Crippen molar-refractivity contribution in [1.29, 1.82) is 0 Å². The van der Waals surface area contributed by atoms with Crippen LogP contribution >= 0.6 is 0 Å². The number of nitrogens with one attached hydrogen (secondary N) is 1. The smallest absolute Gasteiger partial charge is 0.250 e. The van der Waals surface area contributed by atoms with Crippen LogP contribution < -0.4 is 11.1 Å². The molecule has 0 spiro atoms. The summed E-state index contributed by atoms with van der Waals surface area (Å²) >= 11 is 0. The highest BCUT2D eigenvalue weighted by Gasteiger charge is 2.12. The molecular weight excluding hydrogens is 438 g/mol. The Kier molecular flexibility index (Phi) is 7.45. The molecular formula is C28H29N5O2. The summed E-state index contributed by atoms with van der Waals surface area (Å²) in [5, 5.41) is 4.04. The molecule has 1 amide bonds. The van der Waals surface area contributed by atoms with Gasteiger partial charge in [0.25, 0.3) is 5.91 Å². The van der Waals surface area contributed by atoms with Crippen LogP contribution in [0.15, 0.2) is 67.1 Å². The average Bonchev–Trinajstić information content (AvgIpc) is 2.86. The zero-order valence-corrected chi connectivity index (χ0v) is 20.0. The number of nitrogens with two attached hydrogens (primary N) is 1. The minimum Gasteiger partial charge on any atom is -0.366 e. The number of pyridine rings is 1. The summed E-state index contributed by atoms with van der Waals surface area (Å²) in [6.07, 6.45) is 5.37. The zero-order valence-electron chi connectivity index (χ0n) is 20.0. The van der Waals surface area contributed by atoms with E-state index in [-0.39, 0.29) is 5.78 Å². The van der Waals surface area contributed by atoms with Crippen LogP contribution in [0.5, 0.6) is 0 Å². The zero-order chi connectivity index (χ0) is 24.8. The minimum absolute atomic E-state index is 0.0732. The lowest BCUT2D eigenvalue weighted by Crippen LogP contribution is -2.12. The Labute approximate surface area is 204 Å². The number of para-hydroxylation sites is 1. The van der Waals surface area contributed by atoms with E-state index in [1.165, 1.54) is 6.33 Å². The van der Waals surface area contributed by atoms with Crippen molar-refractivity contribution < 1.29 is 9.59 Å². The number of nitrogens with zero attached hydrogens (tertiary/aromatic N) is 3. The number of anilines is 1. The fourth-order valence-electron chi connectivity index (χ4n) is 3.97. The highest BCUT2D eigenvalue weighted by Crippen LogP contribution is 2.23. The van der Waals surface area contributed by atoms with Crippen molar-refractivity contribution in [2.45, 2.75) is 39.7 Å². The van der Waals surface area contributed by atoms with Crippen LogP contribution in [0.2, 0.25) is 0 Å². The van der Waals surface area contributed by atoms with Gasteiger partial charge in [0.15, 0.2) is 5.78 Å². The number of Topliss-reactive ketones (excluding diaryl/α,β-unsaturated/α-hetero) is 1. The Hall–Kier alpha value is -4.13. The summed E-state index contributed by atoms with van der Waals surface area (Å²) < 4.78 is 0. The van der Waals surface area contributed by atoms with Crippen LogP contribution in [-0.4, -0.2) is 26.6 Å². The largest absolute Gasteiger partial charge is 0.366 e. The fourth-order valence-corrected chi connectivity index (χ4v) is 3.97. The third-order valence-electron chi connectivity index (χ3n) is 5.86. The number of hydrogen-bond acceptors (Lipinski definition) is 6. The summed E-state index contributed by atoms with van der Waals surface area (Å²) in [6, 6.07) is 16.9. The molecule has 0 aliphatic rings. The molecule has 4 aromatic rings. The Morgan fingerprint density at radius 2 is 1.77 bits per heavy atom. The van der Waals surface area contributed by atoms with Crippen molar-refractivity contribution in [3.05, 3.63) is 95.1 Å². The van der Waals surface area contributed by atoms with Gasteiger partial charge in [-0.05, 0) is 54.2 Å². The lowest BCUT2D eigenvalue weighted by molar-refractivity contribution is 0.0987. The normalized spacial score (nSPS) is 11.1. The SMILES string of the molecule is CC(C)CCc1cc(C(=O)Cc2cccc(CNc3ncnc4c(C(N)=O)cccc34)c2)ccn1. The first-order valence-electron chi connectivity index (χ1n) is 11.7. The van der Waals surface area contributed by atoms with Crippen molar-refractivity contribution in [3.8, 4) is 0 Å². The lowest BCUT2D eigenvalue weighted by Gasteiger charge is -2.11. The molecule has 0 aliphatic heterocycles. The number of hydrogen-bond donors (Lipinski definition) is 2. The maximum atomic E-state index is 12.9. The second-order valence-corrected chi connectivity index (χ2v) is 9.03. The Morgan fingerprint density at radius 3 is 2.57 bits per heavy atom. The van der Waals surface area contributed by atoms with Crippen LogP contribution in [0.3, 0.4) is 0 Å². The molecule has 4 rings (SSSR count). The molecule has 0 atom stereocenters. The van der Waals surface area contributed by atoms with E-state index in [4.69, 9.17) is 5.73 Å². The standard InChI is InChI=1S/C28H29N5O2/c1-18(2)9-10-22-15-21(11-12-30-22)25(34)14-19-5-3-6-20(13-19)16-31-28-24-8-4-7-23(27(29)35)26(24)32-17-33-28/h3-8,11-13,15,17-18H,9-10,14,16H2,1-2H3,(H2,29,35)(H,31,32,33). The summed E-state index contributed by atoms with van der Waals surface area (Å²) in [4.78, 5) is 37.6. The molecule has 7 heteroatoms. The van der Waals surface area contributed by atoms with Gasteiger partial charge in [0, 0.05) is 35.8 Å². The number of benzene rings is 2. The molecule has 178 valence electrons. The molecule has 0 aliphatic carbocycles. The predicted octanol–water partition coefficient (Wildman–Crippen LogP) is 4.75. The third kappa shape index (κ3) is 6.06. The number of carbonyl (C=O) groups is 2. The maximum absolute atomic E-state index is 12.9. The molecule has 2 aromatic carbocycles. The fraction of sp³-hybridized carbons (Fsp3) is 0.250. The number of aromatic nitrogens is 3. The molecule has 0 bridgehead atoms. The summed E-state index contributed by atoms with van der Waals surface area (Å²) in [6.45, 7) is 4.87. The van der Waals surface area contributed by atoms with Gasteiger partial charge in [-0.2, -0.15) is 0 Å². The average molecular weight is 468 g/mol. The van der Waals surface area contributed by atoms with Gasteiger partial charge in [-0.1, -0.05) is 44.2 Å². The van der Waals surface area contributed by atoms with Crippen LogP contribution in [0.1, 0.15) is 57.8 Å². The maximum Gasteiger partial charge on any atom is 0.250 e. The number of rotatable bonds is 10. The summed E-state index contributed by atoms with van der Waals surface area (Å²) in [5.74, 6) is 0.756. The van der Waals surface area contributed by atoms with E-state index < -0.39 is 5.91 Å². The van der Waals surface area contributed by atoms with Crippen molar-refractivity contribution in [3.63, 3.8) is 0 Å². The second-order valence-electron chi connectivity index (χ2n) is 9.03. The monoisotopic (exact) mass is 467 g/mol. The number of fused-ring (bicyclic) bond motifs is 1. The molecule has 0 saturated carbocycles. The molecule has 0 unspecified atom stereocenters. The number of ketones is 1. The summed E-state index contributed by atoms with van der Waals surface area (Å²) in [5.41, 5.74) is 9.96. The minimum atomic E-state index is -0.529. The first kappa shape index (κ1) is 24.0. The van der Waals surface area contributed by atoms with Crippen LogP contribution in [0, 0.1) is 5.92 Å². The Morgan fingerprint density at radius 1 is 0.971 bits per heavy atom. The van der Waals surface area contributed by atoms with Gasteiger partial charge < -0.3 is 11.1 Å². The Bertz CT molecular complexity index is 1370. The van der Waals surface area contributed by atoms with E-state index in [0.717, 1.165) is 35.0 Å². The van der Waals surface area contributed by atoms with E-state index in [1.807, 2.05) is 36.4 Å². The molecule has 3 N–H and O–H groups in total. The van der Waals surface area contributed by atoms with Crippen LogP contribution in [0.4, 0.5) is 5.82 Å².